The fraction of sp³-hybridized carbons (Fsp3) is 0.667. The highest BCUT2D eigenvalue weighted by atomic mass is 32.1. The monoisotopic (exact) mass is 305 g/mol. The van der Waals surface area contributed by atoms with E-state index in [1.54, 1.807) is 11.3 Å². The fourth-order valence-corrected chi connectivity index (χ4v) is 3.66. The minimum absolute atomic E-state index is 0.443. The van der Waals surface area contributed by atoms with Crippen molar-refractivity contribution in [2.45, 2.75) is 52.6 Å². The summed E-state index contributed by atoms with van der Waals surface area (Å²) in [6.45, 7) is 9.44. The van der Waals surface area contributed by atoms with Crippen LogP contribution in [0.4, 0.5) is 0 Å². The zero-order chi connectivity index (χ0) is 14.8. The zero-order valence-corrected chi connectivity index (χ0v) is 13.8. The number of fused-ring (bicyclic) bond motifs is 1. The van der Waals surface area contributed by atoms with Gasteiger partial charge in [0.2, 0.25) is 0 Å². The van der Waals surface area contributed by atoms with Gasteiger partial charge in [-0.05, 0) is 19.3 Å². The molecule has 2 aromatic heterocycles. The van der Waals surface area contributed by atoms with Gasteiger partial charge in [-0.2, -0.15) is 0 Å². The Hall–Kier alpha value is -1.27. The maximum Gasteiger partial charge on any atom is 0.135 e. The molecule has 1 N–H and O–H groups in total. The highest BCUT2D eigenvalue weighted by Gasteiger charge is 2.23. The Morgan fingerprint density at radius 1 is 1.43 bits per heavy atom. The van der Waals surface area contributed by atoms with Gasteiger partial charge in [-0.1, -0.05) is 13.8 Å². The van der Waals surface area contributed by atoms with Gasteiger partial charge in [0.25, 0.3) is 0 Å². The molecule has 0 spiro atoms. The number of nitrogens with one attached hydrogen (secondary N) is 1. The van der Waals surface area contributed by atoms with Crippen molar-refractivity contribution < 1.29 is 0 Å². The van der Waals surface area contributed by atoms with E-state index < -0.39 is 0 Å². The predicted molar refractivity (Wildman–Crippen MR) is 84.5 cm³/mol. The number of thiazole rings is 1. The van der Waals surface area contributed by atoms with Crippen LogP contribution in [0.2, 0.25) is 0 Å². The van der Waals surface area contributed by atoms with Crippen molar-refractivity contribution in [1.82, 2.24) is 25.1 Å². The zero-order valence-electron chi connectivity index (χ0n) is 13.0. The molecule has 0 amide bonds. The number of hydrogen-bond donors (Lipinski definition) is 1. The van der Waals surface area contributed by atoms with Crippen LogP contribution in [0.25, 0.3) is 0 Å². The summed E-state index contributed by atoms with van der Waals surface area (Å²) in [4.78, 5) is 5.61. The molecule has 3 rings (SSSR count). The third-order valence-electron chi connectivity index (χ3n) is 3.99. The van der Waals surface area contributed by atoms with Crippen molar-refractivity contribution in [3.8, 4) is 0 Å². The van der Waals surface area contributed by atoms with E-state index in [1.165, 1.54) is 11.3 Å². The first-order chi connectivity index (χ1) is 10.1. The van der Waals surface area contributed by atoms with E-state index in [-0.39, 0.29) is 0 Å². The summed E-state index contributed by atoms with van der Waals surface area (Å²) in [5, 5.41) is 13.4. The first kappa shape index (κ1) is 14.7. The molecule has 0 saturated heterocycles. The van der Waals surface area contributed by atoms with Crippen molar-refractivity contribution in [3.63, 3.8) is 0 Å². The lowest BCUT2D eigenvalue weighted by Crippen LogP contribution is -2.30. The largest absolute Gasteiger partial charge is 0.314 e. The minimum Gasteiger partial charge on any atom is -0.314 e. The van der Waals surface area contributed by atoms with Crippen molar-refractivity contribution in [1.29, 1.82) is 0 Å². The van der Waals surface area contributed by atoms with Crippen molar-refractivity contribution in [2.75, 3.05) is 6.54 Å². The average Bonchev–Trinajstić information content (AvgIpc) is 3.04. The van der Waals surface area contributed by atoms with Gasteiger partial charge >= 0.3 is 0 Å². The Balaban J connectivity index is 1.55. The summed E-state index contributed by atoms with van der Waals surface area (Å²) < 4.78 is 2.33. The molecule has 5 nitrogen and oxygen atoms in total. The van der Waals surface area contributed by atoms with E-state index in [2.05, 4.69) is 45.8 Å². The molecule has 3 heterocycles. The van der Waals surface area contributed by atoms with Crippen LogP contribution in [-0.4, -0.2) is 26.3 Å². The number of nitrogens with zero attached hydrogens (tertiary/aromatic N) is 4. The molecule has 114 valence electrons. The second kappa shape index (κ2) is 6.23. The number of rotatable bonds is 5. The molecule has 2 aromatic rings. The van der Waals surface area contributed by atoms with Crippen molar-refractivity contribution in [2.24, 2.45) is 5.92 Å². The molecular formula is C15H23N5S. The molecule has 0 fully saturated rings. The second-order valence-electron chi connectivity index (χ2n) is 6.12. The molecule has 1 aliphatic rings. The van der Waals surface area contributed by atoms with Crippen molar-refractivity contribution >= 4 is 11.3 Å². The van der Waals surface area contributed by atoms with Gasteiger partial charge in [-0.3, -0.25) is 0 Å². The summed E-state index contributed by atoms with van der Waals surface area (Å²) in [5.74, 6) is 3.40. The lowest BCUT2D eigenvalue weighted by molar-refractivity contribution is 0.340. The lowest BCUT2D eigenvalue weighted by atomic mass is 9.98. The standard InChI is InChI=1S/C15H23N5S/c1-10(2)15-19-18-14-5-4-12(9-20(14)15)6-16-7-13-8-17-11(3)21-13/h8,10,12,16H,4-7,9H2,1-3H3. The van der Waals surface area contributed by atoms with Crippen LogP contribution >= 0.6 is 11.3 Å². The SMILES string of the molecule is Cc1ncc(CNCC2CCc3nnc(C(C)C)n3C2)s1. The van der Waals surface area contributed by atoms with E-state index in [0.717, 1.165) is 42.7 Å². The quantitative estimate of drug-likeness (QED) is 0.922. The molecule has 21 heavy (non-hydrogen) atoms. The molecule has 1 atom stereocenters. The van der Waals surface area contributed by atoms with E-state index >= 15 is 0 Å². The summed E-state index contributed by atoms with van der Waals surface area (Å²) in [7, 11) is 0. The van der Waals surface area contributed by atoms with Crippen LogP contribution in [0.1, 0.15) is 47.7 Å². The first-order valence-electron chi connectivity index (χ1n) is 7.67. The van der Waals surface area contributed by atoms with Crippen LogP contribution in [0.5, 0.6) is 0 Å². The van der Waals surface area contributed by atoms with Gasteiger partial charge in [0, 0.05) is 43.0 Å². The summed E-state index contributed by atoms with van der Waals surface area (Å²) in [6, 6.07) is 0. The Morgan fingerprint density at radius 3 is 3.00 bits per heavy atom. The Labute approximate surface area is 129 Å². The molecule has 0 aliphatic carbocycles. The molecule has 0 saturated carbocycles. The van der Waals surface area contributed by atoms with E-state index in [4.69, 9.17) is 0 Å². The van der Waals surface area contributed by atoms with Crippen LogP contribution < -0.4 is 5.32 Å². The van der Waals surface area contributed by atoms with Crippen LogP contribution in [0.3, 0.4) is 0 Å². The van der Waals surface area contributed by atoms with Gasteiger partial charge in [0.15, 0.2) is 0 Å². The molecule has 0 aromatic carbocycles. The molecule has 6 heteroatoms. The van der Waals surface area contributed by atoms with Crippen LogP contribution in [0.15, 0.2) is 6.20 Å². The topological polar surface area (TPSA) is 55.6 Å². The first-order valence-corrected chi connectivity index (χ1v) is 8.49. The fourth-order valence-electron chi connectivity index (χ4n) is 2.90. The molecule has 1 aliphatic heterocycles. The molecule has 0 bridgehead atoms. The Kier molecular flexibility index (Phi) is 4.35. The summed E-state index contributed by atoms with van der Waals surface area (Å²) in [5.41, 5.74) is 0. The minimum atomic E-state index is 0.443. The van der Waals surface area contributed by atoms with Crippen LogP contribution in [-0.2, 0) is 19.5 Å². The predicted octanol–water partition coefficient (Wildman–Crippen LogP) is 2.52. The highest BCUT2D eigenvalue weighted by Crippen LogP contribution is 2.23. The van der Waals surface area contributed by atoms with Crippen molar-refractivity contribution in [3.05, 3.63) is 27.7 Å². The second-order valence-corrected chi connectivity index (χ2v) is 7.44. The van der Waals surface area contributed by atoms with Gasteiger partial charge in [0.1, 0.15) is 11.6 Å². The van der Waals surface area contributed by atoms with Crippen LogP contribution in [0, 0.1) is 12.8 Å². The maximum absolute atomic E-state index is 4.35. The van der Waals surface area contributed by atoms with Gasteiger partial charge in [-0.25, -0.2) is 4.98 Å². The smallest absolute Gasteiger partial charge is 0.135 e. The Morgan fingerprint density at radius 2 is 2.29 bits per heavy atom. The third kappa shape index (κ3) is 3.32. The number of aryl methyl sites for hydroxylation is 2. The van der Waals surface area contributed by atoms with Gasteiger partial charge in [0.05, 0.1) is 5.01 Å². The van der Waals surface area contributed by atoms with E-state index in [9.17, 15) is 0 Å². The Bertz CT molecular complexity index is 601. The highest BCUT2D eigenvalue weighted by molar-refractivity contribution is 7.11. The van der Waals surface area contributed by atoms with E-state index in [1.807, 2.05) is 6.20 Å². The average molecular weight is 305 g/mol. The molecule has 1 unspecified atom stereocenters. The van der Waals surface area contributed by atoms with Gasteiger partial charge in [-0.15, -0.1) is 21.5 Å². The summed E-state index contributed by atoms with van der Waals surface area (Å²) >= 11 is 1.77. The number of aromatic nitrogens is 4. The maximum atomic E-state index is 4.35. The molecule has 0 radical (unpaired) electrons. The van der Waals surface area contributed by atoms with Gasteiger partial charge < -0.3 is 9.88 Å². The summed E-state index contributed by atoms with van der Waals surface area (Å²) in [6.07, 6.45) is 4.22. The lowest BCUT2D eigenvalue weighted by Gasteiger charge is -2.25. The third-order valence-corrected chi connectivity index (χ3v) is 4.90. The molecular weight excluding hydrogens is 282 g/mol. The number of hydrogen-bond acceptors (Lipinski definition) is 5. The van der Waals surface area contributed by atoms with E-state index in [0.29, 0.717) is 11.8 Å². The normalized spacial score (nSPS) is 18.2.